The Bertz CT molecular complexity index is 216. The van der Waals surface area contributed by atoms with E-state index in [-0.39, 0.29) is 0 Å². The molecule has 1 unspecified atom stereocenters. The molecule has 2 rings (SSSR count). The lowest BCUT2D eigenvalue weighted by Gasteiger charge is -2.38. The molecule has 0 radical (unpaired) electrons. The van der Waals surface area contributed by atoms with Gasteiger partial charge in [-0.15, -0.1) is 0 Å². The average Bonchev–Trinajstić information content (AvgIpc) is 2.50. The number of rotatable bonds is 1. The van der Waals surface area contributed by atoms with E-state index in [0.717, 1.165) is 12.0 Å². The minimum absolute atomic E-state index is 0.563. The minimum atomic E-state index is 0.563. The van der Waals surface area contributed by atoms with Crippen molar-refractivity contribution >= 4 is 0 Å². The summed E-state index contributed by atoms with van der Waals surface area (Å²) in [5.41, 5.74) is 0. The van der Waals surface area contributed by atoms with Crippen LogP contribution in [0.1, 0.15) is 39.5 Å². The van der Waals surface area contributed by atoms with Crippen LogP contribution in [-0.4, -0.2) is 29.1 Å². The normalized spacial score (nSPS) is 38.1. The van der Waals surface area contributed by atoms with Crippen LogP contribution < -0.4 is 0 Å². The zero-order valence-electron chi connectivity index (χ0n) is 9.61. The molecular formula is C12H22N2. The predicted molar refractivity (Wildman–Crippen MR) is 59.6 cm³/mol. The van der Waals surface area contributed by atoms with Gasteiger partial charge < -0.3 is 9.80 Å². The standard InChI is InChI=1S/C12H22N2/c1-10-4-6-12(7-5-10)14-9-8-13(3)11(14)2/h8-12H,4-7H2,1-3H3. The highest BCUT2D eigenvalue weighted by molar-refractivity contribution is 4.97. The second-order valence-electron chi connectivity index (χ2n) is 4.96. The van der Waals surface area contributed by atoms with E-state index in [1.54, 1.807) is 0 Å². The zero-order chi connectivity index (χ0) is 10.1. The Hall–Kier alpha value is -0.660. The summed E-state index contributed by atoms with van der Waals surface area (Å²) in [6, 6.07) is 0.794. The molecule has 2 nitrogen and oxygen atoms in total. The molecule has 14 heavy (non-hydrogen) atoms. The van der Waals surface area contributed by atoms with E-state index < -0.39 is 0 Å². The highest BCUT2D eigenvalue weighted by atomic mass is 15.4. The molecule has 80 valence electrons. The Labute approximate surface area is 87.6 Å². The first-order valence-electron chi connectivity index (χ1n) is 5.86. The lowest BCUT2D eigenvalue weighted by molar-refractivity contribution is 0.111. The molecular weight excluding hydrogens is 172 g/mol. The fraction of sp³-hybridized carbons (Fsp3) is 0.833. The van der Waals surface area contributed by atoms with Crippen molar-refractivity contribution in [2.45, 2.75) is 51.7 Å². The van der Waals surface area contributed by atoms with Crippen LogP contribution in [0.4, 0.5) is 0 Å². The SMILES string of the molecule is CC1CCC(N2C=CN(C)C2C)CC1. The molecule has 0 bridgehead atoms. The van der Waals surface area contributed by atoms with Gasteiger partial charge in [-0.1, -0.05) is 6.92 Å². The predicted octanol–water partition coefficient (Wildman–Crippen LogP) is 2.63. The van der Waals surface area contributed by atoms with Crippen molar-refractivity contribution in [3.8, 4) is 0 Å². The van der Waals surface area contributed by atoms with Crippen molar-refractivity contribution in [3.63, 3.8) is 0 Å². The molecule has 1 aliphatic heterocycles. The van der Waals surface area contributed by atoms with Crippen LogP contribution in [0, 0.1) is 5.92 Å². The molecule has 2 aliphatic rings. The topological polar surface area (TPSA) is 6.48 Å². The molecule has 0 aromatic rings. The van der Waals surface area contributed by atoms with Gasteiger partial charge in [0.25, 0.3) is 0 Å². The summed E-state index contributed by atoms with van der Waals surface area (Å²) < 4.78 is 0. The quantitative estimate of drug-likeness (QED) is 0.633. The van der Waals surface area contributed by atoms with E-state index in [1.165, 1.54) is 25.7 Å². The Morgan fingerprint density at radius 3 is 2.14 bits per heavy atom. The van der Waals surface area contributed by atoms with Crippen molar-refractivity contribution in [3.05, 3.63) is 12.4 Å². The van der Waals surface area contributed by atoms with Gasteiger partial charge in [0.05, 0.1) is 6.17 Å². The maximum atomic E-state index is 2.53. The van der Waals surface area contributed by atoms with Crippen LogP contribution in [0.15, 0.2) is 12.4 Å². The van der Waals surface area contributed by atoms with Crippen LogP contribution in [0.5, 0.6) is 0 Å². The maximum Gasteiger partial charge on any atom is 0.0977 e. The van der Waals surface area contributed by atoms with Gasteiger partial charge in [0.1, 0.15) is 0 Å². The summed E-state index contributed by atoms with van der Waals surface area (Å²) >= 11 is 0. The van der Waals surface area contributed by atoms with Crippen molar-refractivity contribution in [1.82, 2.24) is 9.80 Å². The first-order chi connectivity index (χ1) is 6.68. The van der Waals surface area contributed by atoms with Gasteiger partial charge in [-0.05, 0) is 38.5 Å². The van der Waals surface area contributed by atoms with E-state index >= 15 is 0 Å². The molecule has 0 saturated heterocycles. The molecule has 2 heteroatoms. The third-order valence-electron chi connectivity index (χ3n) is 3.90. The van der Waals surface area contributed by atoms with Gasteiger partial charge in [-0.2, -0.15) is 0 Å². The number of hydrogen-bond donors (Lipinski definition) is 0. The summed E-state index contributed by atoms with van der Waals surface area (Å²) in [4.78, 5) is 4.82. The van der Waals surface area contributed by atoms with Crippen molar-refractivity contribution in [2.75, 3.05) is 7.05 Å². The van der Waals surface area contributed by atoms with Crippen LogP contribution in [-0.2, 0) is 0 Å². The van der Waals surface area contributed by atoms with Gasteiger partial charge in [0.2, 0.25) is 0 Å². The van der Waals surface area contributed by atoms with Crippen LogP contribution in [0.3, 0.4) is 0 Å². The average molecular weight is 194 g/mol. The molecule has 0 aromatic heterocycles. The molecule has 0 N–H and O–H groups in total. The maximum absolute atomic E-state index is 2.53. The molecule has 1 atom stereocenters. The first-order valence-corrected chi connectivity index (χ1v) is 5.86. The van der Waals surface area contributed by atoms with Crippen LogP contribution in [0.25, 0.3) is 0 Å². The Morgan fingerprint density at radius 1 is 1.00 bits per heavy atom. The third kappa shape index (κ3) is 1.75. The Balaban J connectivity index is 1.93. The number of nitrogens with zero attached hydrogens (tertiary/aromatic N) is 2. The second kappa shape index (κ2) is 3.84. The third-order valence-corrected chi connectivity index (χ3v) is 3.90. The summed E-state index contributed by atoms with van der Waals surface area (Å²) in [7, 11) is 2.16. The van der Waals surface area contributed by atoms with Gasteiger partial charge in [0.15, 0.2) is 0 Å². The van der Waals surface area contributed by atoms with E-state index in [2.05, 4.69) is 43.1 Å². The van der Waals surface area contributed by atoms with E-state index in [4.69, 9.17) is 0 Å². The summed E-state index contributed by atoms with van der Waals surface area (Å²) in [6.07, 6.45) is 10.6. The molecule has 0 amide bonds. The van der Waals surface area contributed by atoms with Crippen molar-refractivity contribution < 1.29 is 0 Å². The smallest absolute Gasteiger partial charge is 0.0977 e. The second-order valence-corrected chi connectivity index (χ2v) is 4.96. The molecule has 1 saturated carbocycles. The monoisotopic (exact) mass is 194 g/mol. The molecule has 0 spiro atoms. The highest BCUT2D eigenvalue weighted by Gasteiger charge is 2.28. The summed E-state index contributed by atoms with van der Waals surface area (Å²) in [5.74, 6) is 0.950. The minimum Gasteiger partial charge on any atom is -0.359 e. The first kappa shape index (κ1) is 9.88. The van der Waals surface area contributed by atoms with Gasteiger partial charge in [-0.25, -0.2) is 0 Å². The van der Waals surface area contributed by atoms with Gasteiger partial charge in [0, 0.05) is 25.5 Å². The zero-order valence-corrected chi connectivity index (χ0v) is 9.61. The molecule has 1 aliphatic carbocycles. The largest absolute Gasteiger partial charge is 0.359 e. The fourth-order valence-corrected chi connectivity index (χ4v) is 2.61. The van der Waals surface area contributed by atoms with Crippen molar-refractivity contribution in [2.24, 2.45) is 5.92 Å². The summed E-state index contributed by atoms with van der Waals surface area (Å²) in [5, 5.41) is 0. The molecule has 1 fully saturated rings. The number of hydrogen-bond acceptors (Lipinski definition) is 2. The van der Waals surface area contributed by atoms with E-state index in [0.29, 0.717) is 6.17 Å². The molecule has 1 heterocycles. The lowest BCUT2D eigenvalue weighted by atomic mass is 9.86. The van der Waals surface area contributed by atoms with E-state index in [1.807, 2.05) is 0 Å². The summed E-state index contributed by atoms with van der Waals surface area (Å²) in [6.45, 7) is 4.67. The lowest BCUT2D eigenvalue weighted by Crippen LogP contribution is -2.42. The van der Waals surface area contributed by atoms with Crippen LogP contribution >= 0.6 is 0 Å². The highest BCUT2D eigenvalue weighted by Crippen LogP contribution is 2.30. The van der Waals surface area contributed by atoms with Crippen molar-refractivity contribution in [1.29, 1.82) is 0 Å². The Kier molecular flexibility index (Phi) is 2.71. The van der Waals surface area contributed by atoms with E-state index in [9.17, 15) is 0 Å². The fourth-order valence-electron chi connectivity index (χ4n) is 2.61. The Morgan fingerprint density at radius 2 is 1.64 bits per heavy atom. The molecule has 0 aromatic carbocycles. The van der Waals surface area contributed by atoms with Crippen LogP contribution in [0.2, 0.25) is 0 Å². The van der Waals surface area contributed by atoms with Gasteiger partial charge in [-0.3, -0.25) is 0 Å². The van der Waals surface area contributed by atoms with Gasteiger partial charge >= 0.3 is 0 Å².